The summed E-state index contributed by atoms with van der Waals surface area (Å²) in [7, 11) is 4.61. The van der Waals surface area contributed by atoms with Crippen molar-refractivity contribution < 1.29 is 19.0 Å². The van der Waals surface area contributed by atoms with Gasteiger partial charge in [0.25, 0.3) is 5.91 Å². The highest BCUT2D eigenvalue weighted by atomic mass is 16.5. The van der Waals surface area contributed by atoms with Gasteiger partial charge in [0, 0.05) is 31.7 Å². The first-order valence-electron chi connectivity index (χ1n) is 10.3. The standard InChI is InChI=1S/C22H26N6O4/c1-30-18-13-16(14-19(31-2)21(18)32-3)22(29)27-11-9-26(10-12-27)15-20-23-24-25-28(20)17-7-5-4-6-8-17/h4-8,13-14H,9-12,15H2,1-3H3. The molecule has 0 bridgehead atoms. The Labute approximate surface area is 186 Å². The molecule has 2 aromatic carbocycles. The van der Waals surface area contributed by atoms with E-state index < -0.39 is 0 Å². The van der Waals surface area contributed by atoms with Gasteiger partial charge in [0.05, 0.1) is 33.6 Å². The summed E-state index contributed by atoms with van der Waals surface area (Å²) < 4.78 is 17.8. The zero-order chi connectivity index (χ0) is 22.5. The molecule has 0 unspecified atom stereocenters. The summed E-state index contributed by atoms with van der Waals surface area (Å²) in [5.74, 6) is 2.08. The number of para-hydroxylation sites is 1. The summed E-state index contributed by atoms with van der Waals surface area (Å²) in [5.41, 5.74) is 1.42. The second-order valence-corrected chi connectivity index (χ2v) is 7.32. The number of tetrazole rings is 1. The predicted molar refractivity (Wildman–Crippen MR) is 116 cm³/mol. The van der Waals surface area contributed by atoms with Gasteiger partial charge in [0.15, 0.2) is 17.3 Å². The maximum atomic E-state index is 13.1. The van der Waals surface area contributed by atoms with E-state index in [0.29, 0.717) is 42.4 Å². The number of rotatable bonds is 7. The van der Waals surface area contributed by atoms with Crippen LogP contribution in [0.4, 0.5) is 0 Å². The van der Waals surface area contributed by atoms with Gasteiger partial charge in [0.2, 0.25) is 5.75 Å². The molecule has 0 spiro atoms. The van der Waals surface area contributed by atoms with Crippen molar-refractivity contribution in [3.63, 3.8) is 0 Å². The van der Waals surface area contributed by atoms with Gasteiger partial charge in [0.1, 0.15) is 0 Å². The van der Waals surface area contributed by atoms with E-state index in [0.717, 1.165) is 24.6 Å². The molecule has 1 aliphatic rings. The van der Waals surface area contributed by atoms with E-state index in [1.54, 1.807) is 16.8 Å². The third kappa shape index (κ3) is 4.35. The van der Waals surface area contributed by atoms with Gasteiger partial charge in [-0.25, -0.2) is 0 Å². The Kier molecular flexibility index (Phi) is 6.50. The van der Waals surface area contributed by atoms with Crippen LogP contribution in [0.15, 0.2) is 42.5 Å². The zero-order valence-corrected chi connectivity index (χ0v) is 18.4. The fourth-order valence-corrected chi connectivity index (χ4v) is 3.77. The molecule has 1 saturated heterocycles. The van der Waals surface area contributed by atoms with Crippen LogP contribution in [0.3, 0.4) is 0 Å². The Morgan fingerprint density at radius 3 is 2.19 bits per heavy atom. The van der Waals surface area contributed by atoms with E-state index in [-0.39, 0.29) is 5.91 Å². The predicted octanol–water partition coefficient (Wildman–Crippen LogP) is 1.65. The van der Waals surface area contributed by atoms with Crippen LogP contribution in [-0.2, 0) is 6.54 Å². The normalized spacial score (nSPS) is 14.3. The molecule has 0 radical (unpaired) electrons. The maximum Gasteiger partial charge on any atom is 0.254 e. The molecule has 3 aromatic rings. The number of carbonyl (C=O) groups excluding carboxylic acids is 1. The summed E-state index contributed by atoms with van der Waals surface area (Å²) in [6.07, 6.45) is 0. The fourth-order valence-electron chi connectivity index (χ4n) is 3.77. The van der Waals surface area contributed by atoms with E-state index in [1.165, 1.54) is 21.3 Å². The number of nitrogens with zero attached hydrogens (tertiary/aromatic N) is 6. The number of piperazine rings is 1. The Hall–Kier alpha value is -3.66. The Morgan fingerprint density at radius 1 is 0.938 bits per heavy atom. The van der Waals surface area contributed by atoms with Crippen LogP contribution in [-0.4, -0.2) is 83.4 Å². The quantitative estimate of drug-likeness (QED) is 0.550. The largest absolute Gasteiger partial charge is 0.493 e. The molecule has 1 fully saturated rings. The first-order chi connectivity index (χ1) is 15.6. The fraction of sp³-hybridized carbons (Fsp3) is 0.364. The number of ether oxygens (including phenoxy) is 3. The van der Waals surface area contributed by atoms with Gasteiger partial charge in [-0.05, 0) is 34.7 Å². The average molecular weight is 438 g/mol. The molecular formula is C22H26N6O4. The molecule has 1 amide bonds. The monoisotopic (exact) mass is 438 g/mol. The lowest BCUT2D eigenvalue weighted by Gasteiger charge is -2.34. The number of amides is 1. The Balaban J connectivity index is 1.42. The minimum atomic E-state index is -0.0713. The van der Waals surface area contributed by atoms with Gasteiger partial charge in [-0.3, -0.25) is 9.69 Å². The minimum absolute atomic E-state index is 0.0713. The van der Waals surface area contributed by atoms with E-state index in [4.69, 9.17) is 14.2 Å². The SMILES string of the molecule is COc1cc(C(=O)N2CCN(Cc3nnnn3-c3ccccc3)CC2)cc(OC)c1OC. The van der Waals surface area contributed by atoms with Crippen molar-refractivity contribution in [1.29, 1.82) is 0 Å². The Bertz CT molecular complexity index is 1040. The molecular weight excluding hydrogens is 412 g/mol. The number of hydrogen-bond acceptors (Lipinski definition) is 8. The minimum Gasteiger partial charge on any atom is -0.493 e. The third-order valence-corrected chi connectivity index (χ3v) is 5.47. The Morgan fingerprint density at radius 2 is 1.59 bits per heavy atom. The molecule has 4 rings (SSSR count). The number of benzene rings is 2. The molecule has 0 saturated carbocycles. The molecule has 1 aromatic heterocycles. The van der Waals surface area contributed by atoms with Crippen molar-refractivity contribution in [1.82, 2.24) is 30.0 Å². The highest BCUT2D eigenvalue weighted by molar-refractivity contribution is 5.95. The van der Waals surface area contributed by atoms with Crippen LogP contribution in [0.1, 0.15) is 16.2 Å². The molecule has 10 nitrogen and oxygen atoms in total. The molecule has 2 heterocycles. The van der Waals surface area contributed by atoms with Crippen LogP contribution in [0, 0.1) is 0 Å². The van der Waals surface area contributed by atoms with E-state index >= 15 is 0 Å². The average Bonchev–Trinajstić information content (AvgIpc) is 3.31. The van der Waals surface area contributed by atoms with Crippen molar-refractivity contribution in [2.24, 2.45) is 0 Å². The second-order valence-electron chi connectivity index (χ2n) is 7.32. The van der Waals surface area contributed by atoms with Crippen LogP contribution in [0.2, 0.25) is 0 Å². The molecule has 0 N–H and O–H groups in total. The van der Waals surface area contributed by atoms with E-state index in [2.05, 4.69) is 20.4 Å². The molecule has 1 aliphatic heterocycles. The van der Waals surface area contributed by atoms with Gasteiger partial charge in [-0.2, -0.15) is 4.68 Å². The smallest absolute Gasteiger partial charge is 0.254 e. The van der Waals surface area contributed by atoms with Gasteiger partial charge in [-0.1, -0.05) is 18.2 Å². The van der Waals surface area contributed by atoms with Crippen molar-refractivity contribution in [3.8, 4) is 22.9 Å². The van der Waals surface area contributed by atoms with Crippen molar-refractivity contribution >= 4 is 5.91 Å². The molecule has 0 atom stereocenters. The topological polar surface area (TPSA) is 94.8 Å². The number of methoxy groups -OCH3 is 3. The third-order valence-electron chi connectivity index (χ3n) is 5.47. The highest BCUT2D eigenvalue weighted by Crippen LogP contribution is 2.38. The maximum absolute atomic E-state index is 13.1. The zero-order valence-electron chi connectivity index (χ0n) is 18.4. The van der Waals surface area contributed by atoms with Crippen LogP contribution in [0.5, 0.6) is 17.2 Å². The second kappa shape index (κ2) is 9.65. The van der Waals surface area contributed by atoms with Crippen molar-refractivity contribution in [3.05, 3.63) is 53.9 Å². The molecule has 168 valence electrons. The summed E-state index contributed by atoms with van der Waals surface area (Å²) in [6, 6.07) is 13.2. The van der Waals surface area contributed by atoms with Gasteiger partial charge in [-0.15, -0.1) is 5.10 Å². The first-order valence-corrected chi connectivity index (χ1v) is 10.3. The lowest BCUT2D eigenvalue weighted by Crippen LogP contribution is -2.48. The van der Waals surface area contributed by atoms with Gasteiger partial charge >= 0.3 is 0 Å². The van der Waals surface area contributed by atoms with Crippen molar-refractivity contribution in [2.45, 2.75) is 6.54 Å². The van der Waals surface area contributed by atoms with Gasteiger partial charge < -0.3 is 19.1 Å². The van der Waals surface area contributed by atoms with Crippen LogP contribution in [0.25, 0.3) is 5.69 Å². The van der Waals surface area contributed by atoms with E-state index in [1.807, 2.05) is 35.2 Å². The van der Waals surface area contributed by atoms with Crippen molar-refractivity contribution in [2.75, 3.05) is 47.5 Å². The first kappa shape index (κ1) is 21.6. The lowest BCUT2D eigenvalue weighted by molar-refractivity contribution is 0.0623. The molecule has 32 heavy (non-hydrogen) atoms. The number of hydrogen-bond donors (Lipinski definition) is 0. The highest BCUT2D eigenvalue weighted by Gasteiger charge is 2.25. The lowest BCUT2D eigenvalue weighted by atomic mass is 10.1. The number of aromatic nitrogens is 4. The molecule has 0 aliphatic carbocycles. The van der Waals surface area contributed by atoms with Crippen LogP contribution >= 0.6 is 0 Å². The summed E-state index contributed by atoms with van der Waals surface area (Å²) in [6.45, 7) is 3.24. The summed E-state index contributed by atoms with van der Waals surface area (Å²) in [4.78, 5) is 17.2. The van der Waals surface area contributed by atoms with E-state index in [9.17, 15) is 4.79 Å². The molecule has 10 heteroatoms. The number of carbonyl (C=O) groups is 1. The summed E-state index contributed by atoms with van der Waals surface area (Å²) >= 11 is 0. The summed E-state index contributed by atoms with van der Waals surface area (Å²) in [5, 5.41) is 12.1. The van der Waals surface area contributed by atoms with Crippen LogP contribution < -0.4 is 14.2 Å².